The predicted octanol–water partition coefficient (Wildman–Crippen LogP) is 3.47. The van der Waals surface area contributed by atoms with Gasteiger partial charge in [-0.2, -0.15) is 0 Å². The van der Waals surface area contributed by atoms with Crippen molar-refractivity contribution in [3.05, 3.63) is 26.3 Å². The van der Waals surface area contributed by atoms with Crippen molar-refractivity contribution in [3.8, 4) is 5.75 Å². The summed E-state index contributed by atoms with van der Waals surface area (Å²) < 4.78 is 6.17. The fourth-order valence-corrected chi connectivity index (χ4v) is 3.44. The number of hydrogen-bond donors (Lipinski definition) is 1. The molecule has 24 heavy (non-hydrogen) atoms. The van der Waals surface area contributed by atoms with Crippen LogP contribution in [0.15, 0.2) is 12.1 Å². The highest BCUT2D eigenvalue weighted by molar-refractivity contribution is 14.1. The normalized spacial score (nSPS) is 17.5. The van der Waals surface area contributed by atoms with Gasteiger partial charge in [0.1, 0.15) is 5.75 Å². The van der Waals surface area contributed by atoms with Gasteiger partial charge in [0, 0.05) is 29.1 Å². The van der Waals surface area contributed by atoms with Gasteiger partial charge in [0.25, 0.3) is 5.91 Å². The number of methoxy groups -OCH3 is 1. The second-order valence-corrected chi connectivity index (χ2v) is 7.44. The van der Waals surface area contributed by atoms with Crippen molar-refractivity contribution in [3.63, 3.8) is 0 Å². The SMILES string of the molecule is CCCC(=O)NC1CCCN(C(=O)c2cc(Cl)c(I)cc2OC)C1. The smallest absolute Gasteiger partial charge is 0.257 e. The zero-order chi connectivity index (χ0) is 17.7. The number of nitrogens with zero attached hydrogens (tertiary/aromatic N) is 1. The first kappa shape index (κ1) is 19.3. The lowest BCUT2D eigenvalue weighted by molar-refractivity contribution is -0.122. The van der Waals surface area contributed by atoms with Crippen molar-refractivity contribution in [1.29, 1.82) is 0 Å². The molecule has 1 heterocycles. The Kier molecular flexibility index (Phi) is 7.16. The van der Waals surface area contributed by atoms with Crippen LogP contribution < -0.4 is 10.1 Å². The molecule has 1 N–H and O–H groups in total. The van der Waals surface area contributed by atoms with Crippen molar-refractivity contribution in [2.24, 2.45) is 0 Å². The molecule has 7 heteroatoms. The number of hydrogen-bond acceptors (Lipinski definition) is 3. The van der Waals surface area contributed by atoms with Gasteiger partial charge in [0.05, 0.1) is 17.7 Å². The number of likely N-dealkylation sites (tertiary alicyclic amines) is 1. The molecule has 1 unspecified atom stereocenters. The molecule has 0 aliphatic carbocycles. The van der Waals surface area contributed by atoms with Crippen molar-refractivity contribution >= 4 is 46.0 Å². The Morgan fingerprint density at radius 2 is 2.21 bits per heavy atom. The van der Waals surface area contributed by atoms with E-state index in [1.165, 1.54) is 0 Å². The number of nitrogens with one attached hydrogen (secondary N) is 1. The van der Waals surface area contributed by atoms with Crippen molar-refractivity contribution in [2.75, 3.05) is 20.2 Å². The van der Waals surface area contributed by atoms with Crippen LogP contribution in [0.25, 0.3) is 0 Å². The third kappa shape index (κ3) is 4.75. The molecule has 0 bridgehead atoms. The van der Waals surface area contributed by atoms with Crippen LogP contribution in [0.2, 0.25) is 5.02 Å². The fourth-order valence-electron chi connectivity index (χ4n) is 2.84. The Labute approximate surface area is 161 Å². The first-order valence-electron chi connectivity index (χ1n) is 8.08. The molecule has 1 aliphatic rings. The van der Waals surface area contributed by atoms with Gasteiger partial charge in [-0.3, -0.25) is 9.59 Å². The molecule has 1 aromatic carbocycles. The number of ether oxygens (including phenoxy) is 1. The van der Waals surface area contributed by atoms with Crippen LogP contribution in [0.4, 0.5) is 0 Å². The van der Waals surface area contributed by atoms with E-state index in [4.69, 9.17) is 16.3 Å². The molecule has 2 amide bonds. The van der Waals surface area contributed by atoms with Crippen LogP contribution in [0.5, 0.6) is 5.75 Å². The van der Waals surface area contributed by atoms with Gasteiger partial charge in [-0.15, -0.1) is 0 Å². The molecule has 132 valence electrons. The molecule has 0 saturated carbocycles. The molecule has 0 spiro atoms. The van der Waals surface area contributed by atoms with Gasteiger partial charge in [0.15, 0.2) is 0 Å². The lowest BCUT2D eigenvalue weighted by Gasteiger charge is -2.33. The van der Waals surface area contributed by atoms with Crippen molar-refractivity contribution in [1.82, 2.24) is 10.2 Å². The highest BCUT2D eigenvalue weighted by Crippen LogP contribution is 2.29. The van der Waals surface area contributed by atoms with Gasteiger partial charge in [-0.1, -0.05) is 18.5 Å². The first-order chi connectivity index (χ1) is 11.5. The average molecular weight is 465 g/mol. The minimum Gasteiger partial charge on any atom is -0.496 e. The maximum Gasteiger partial charge on any atom is 0.257 e. The van der Waals surface area contributed by atoms with Crippen LogP contribution >= 0.6 is 34.2 Å². The van der Waals surface area contributed by atoms with E-state index in [-0.39, 0.29) is 17.9 Å². The second-order valence-electron chi connectivity index (χ2n) is 5.87. The Morgan fingerprint density at radius 3 is 2.88 bits per heavy atom. The highest BCUT2D eigenvalue weighted by atomic mass is 127. The zero-order valence-electron chi connectivity index (χ0n) is 13.9. The number of piperidine rings is 1. The van der Waals surface area contributed by atoms with E-state index in [9.17, 15) is 9.59 Å². The van der Waals surface area contributed by atoms with Crippen LogP contribution in [0.1, 0.15) is 43.0 Å². The summed E-state index contributed by atoms with van der Waals surface area (Å²) in [4.78, 5) is 26.4. The molecule has 2 rings (SSSR count). The Balaban J connectivity index is 2.12. The number of amides is 2. The molecule has 5 nitrogen and oxygen atoms in total. The largest absolute Gasteiger partial charge is 0.496 e. The third-order valence-corrected chi connectivity index (χ3v) is 5.55. The van der Waals surface area contributed by atoms with E-state index in [1.54, 1.807) is 24.1 Å². The number of carbonyl (C=O) groups is 2. The highest BCUT2D eigenvalue weighted by Gasteiger charge is 2.27. The summed E-state index contributed by atoms with van der Waals surface area (Å²) in [6, 6.07) is 3.43. The summed E-state index contributed by atoms with van der Waals surface area (Å²) >= 11 is 8.27. The molecule has 0 radical (unpaired) electrons. The molecule has 1 aliphatic heterocycles. The molecular formula is C17H22ClIN2O3. The lowest BCUT2D eigenvalue weighted by atomic mass is 10.0. The monoisotopic (exact) mass is 464 g/mol. The number of carbonyl (C=O) groups excluding carboxylic acids is 2. The molecule has 1 aromatic rings. The van der Waals surface area contributed by atoms with Crippen LogP contribution in [0, 0.1) is 3.57 Å². The molecular weight excluding hydrogens is 443 g/mol. The number of halogens is 2. The second kappa shape index (κ2) is 8.89. The van der Waals surface area contributed by atoms with Crippen LogP contribution in [0.3, 0.4) is 0 Å². The average Bonchev–Trinajstić information content (AvgIpc) is 2.56. The van der Waals surface area contributed by atoms with Crippen LogP contribution in [-0.4, -0.2) is 43.0 Å². The van der Waals surface area contributed by atoms with Crippen molar-refractivity contribution < 1.29 is 14.3 Å². The maximum absolute atomic E-state index is 12.9. The lowest BCUT2D eigenvalue weighted by Crippen LogP contribution is -2.49. The van der Waals surface area contributed by atoms with Crippen molar-refractivity contribution in [2.45, 2.75) is 38.6 Å². The standard InChI is InChI=1S/C17H22ClIN2O3/c1-3-5-16(22)20-11-6-4-7-21(10-11)17(23)12-8-13(18)14(19)9-15(12)24-2/h8-9,11H,3-7,10H2,1-2H3,(H,20,22). The van der Waals surface area contributed by atoms with E-state index < -0.39 is 0 Å². The maximum atomic E-state index is 12.9. The Morgan fingerprint density at radius 1 is 1.46 bits per heavy atom. The van der Waals surface area contributed by atoms with E-state index in [0.29, 0.717) is 35.8 Å². The molecule has 1 saturated heterocycles. The fraction of sp³-hybridized carbons (Fsp3) is 0.529. The zero-order valence-corrected chi connectivity index (χ0v) is 16.8. The van der Waals surface area contributed by atoms with E-state index in [2.05, 4.69) is 27.9 Å². The van der Waals surface area contributed by atoms with Gasteiger partial charge in [-0.25, -0.2) is 0 Å². The van der Waals surface area contributed by atoms with Gasteiger partial charge in [0.2, 0.25) is 5.91 Å². The summed E-state index contributed by atoms with van der Waals surface area (Å²) in [5.41, 5.74) is 0.462. The van der Waals surface area contributed by atoms with Gasteiger partial charge >= 0.3 is 0 Å². The van der Waals surface area contributed by atoms with E-state index in [0.717, 1.165) is 22.8 Å². The summed E-state index contributed by atoms with van der Waals surface area (Å²) in [5, 5.41) is 3.55. The summed E-state index contributed by atoms with van der Waals surface area (Å²) in [7, 11) is 1.54. The van der Waals surface area contributed by atoms with Gasteiger partial charge < -0.3 is 15.0 Å². The number of benzene rings is 1. The quantitative estimate of drug-likeness (QED) is 0.679. The number of rotatable bonds is 5. The summed E-state index contributed by atoms with van der Waals surface area (Å²) in [6.45, 7) is 3.16. The van der Waals surface area contributed by atoms with Gasteiger partial charge in [-0.05, 0) is 54.0 Å². The molecule has 1 fully saturated rings. The predicted molar refractivity (Wildman–Crippen MR) is 103 cm³/mol. The molecule has 1 atom stereocenters. The molecule has 0 aromatic heterocycles. The summed E-state index contributed by atoms with van der Waals surface area (Å²) in [5.74, 6) is 0.456. The minimum absolute atomic E-state index is 0.00654. The Hall–Kier alpha value is -1.02. The van der Waals surface area contributed by atoms with Crippen LogP contribution in [-0.2, 0) is 4.79 Å². The minimum atomic E-state index is -0.111. The Bertz CT molecular complexity index is 624. The third-order valence-electron chi connectivity index (χ3n) is 4.02. The summed E-state index contributed by atoms with van der Waals surface area (Å²) in [6.07, 6.45) is 3.09. The first-order valence-corrected chi connectivity index (χ1v) is 9.53. The van der Waals surface area contributed by atoms with E-state index >= 15 is 0 Å². The topological polar surface area (TPSA) is 58.6 Å². The van der Waals surface area contributed by atoms with E-state index in [1.807, 2.05) is 6.92 Å².